The van der Waals surface area contributed by atoms with Crippen molar-refractivity contribution in [2.45, 2.75) is 12.7 Å². The van der Waals surface area contributed by atoms with Crippen LogP contribution in [0.15, 0.2) is 67.1 Å². The van der Waals surface area contributed by atoms with Crippen LogP contribution in [0, 0.1) is 0 Å². The van der Waals surface area contributed by atoms with Gasteiger partial charge in [0.1, 0.15) is 12.0 Å². The van der Waals surface area contributed by atoms with Crippen LogP contribution in [0.4, 0.5) is 23.0 Å². The molecule has 1 aliphatic heterocycles. The monoisotopic (exact) mass is 372 g/mol. The van der Waals surface area contributed by atoms with Crippen molar-refractivity contribution >= 4 is 35.4 Å². The molecule has 0 fully saturated rings. The lowest BCUT2D eigenvalue weighted by atomic mass is 10.2. The van der Waals surface area contributed by atoms with E-state index in [1.807, 2.05) is 66.9 Å². The van der Waals surface area contributed by atoms with Crippen LogP contribution in [-0.2, 0) is 11.3 Å². The normalized spacial score (nSPS) is 15.3. The van der Waals surface area contributed by atoms with Gasteiger partial charge in [-0.15, -0.1) is 0 Å². The first-order chi connectivity index (χ1) is 13.8. The molecule has 1 unspecified atom stereocenters. The van der Waals surface area contributed by atoms with Crippen molar-refractivity contribution in [2.75, 3.05) is 15.5 Å². The second-order valence-corrected chi connectivity index (χ2v) is 6.27. The van der Waals surface area contributed by atoms with Crippen molar-refractivity contribution in [3.8, 4) is 0 Å². The van der Waals surface area contributed by atoms with Crippen LogP contribution in [0.25, 0.3) is 6.08 Å². The molecule has 140 valence electrons. The number of aldehydes is 1. The van der Waals surface area contributed by atoms with E-state index in [1.54, 1.807) is 4.90 Å². The van der Waals surface area contributed by atoms with Crippen molar-refractivity contribution in [3.05, 3.63) is 78.3 Å². The molecule has 1 aromatic heterocycles. The van der Waals surface area contributed by atoms with E-state index >= 15 is 0 Å². The molecule has 7 nitrogen and oxygen atoms in total. The minimum Gasteiger partial charge on any atom is -0.353 e. The highest BCUT2D eigenvalue weighted by atomic mass is 16.1. The first kappa shape index (κ1) is 17.7. The Morgan fingerprint density at radius 2 is 1.89 bits per heavy atom. The Hall–Kier alpha value is -3.71. The largest absolute Gasteiger partial charge is 0.353 e. The van der Waals surface area contributed by atoms with Gasteiger partial charge in [0, 0.05) is 18.4 Å². The van der Waals surface area contributed by atoms with Gasteiger partial charge in [-0.25, -0.2) is 9.97 Å². The van der Waals surface area contributed by atoms with Crippen LogP contribution < -0.4 is 21.3 Å². The minimum absolute atomic E-state index is 0.410. The maximum Gasteiger partial charge on any atom is 0.163 e. The molecule has 0 amide bonds. The number of nitrogens with two attached hydrogens (primary N) is 1. The predicted molar refractivity (Wildman–Crippen MR) is 111 cm³/mol. The molecule has 0 saturated carbocycles. The molecule has 2 heterocycles. The van der Waals surface area contributed by atoms with Gasteiger partial charge in [0.25, 0.3) is 0 Å². The van der Waals surface area contributed by atoms with Gasteiger partial charge in [0.2, 0.25) is 0 Å². The summed E-state index contributed by atoms with van der Waals surface area (Å²) in [5, 5.41) is 6.49. The van der Waals surface area contributed by atoms with Crippen LogP contribution in [-0.4, -0.2) is 22.4 Å². The van der Waals surface area contributed by atoms with Gasteiger partial charge < -0.3 is 21.3 Å². The van der Waals surface area contributed by atoms with E-state index in [0.29, 0.717) is 23.9 Å². The summed E-state index contributed by atoms with van der Waals surface area (Å²) in [6, 6.07) is 17.6. The van der Waals surface area contributed by atoms with Crippen LogP contribution in [0.5, 0.6) is 0 Å². The second-order valence-electron chi connectivity index (χ2n) is 6.27. The van der Waals surface area contributed by atoms with E-state index in [0.717, 1.165) is 23.1 Å². The van der Waals surface area contributed by atoms with Crippen LogP contribution in [0.3, 0.4) is 0 Å². The van der Waals surface area contributed by atoms with Gasteiger partial charge in [-0.05, 0) is 23.3 Å². The van der Waals surface area contributed by atoms with E-state index < -0.39 is 6.17 Å². The van der Waals surface area contributed by atoms with Gasteiger partial charge >= 0.3 is 0 Å². The highest BCUT2D eigenvalue weighted by Gasteiger charge is 2.31. The highest BCUT2D eigenvalue weighted by Crippen LogP contribution is 2.38. The third kappa shape index (κ3) is 3.43. The van der Waals surface area contributed by atoms with Crippen molar-refractivity contribution in [1.82, 2.24) is 9.97 Å². The minimum atomic E-state index is -0.558. The summed E-state index contributed by atoms with van der Waals surface area (Å²) in [5.41, 5.74) is 9.37. The third-order valence-electron chi connectivity index (χ3n) is 4.51. The second kappa shape index (κ2) is 7.89. The van der Waals surface area contributed by atoms with Crippen molar-refractivity contribution in [3.63, 3.8) is 0 Å². The number of para-hydroxylation sites is 1. The average molecular weight is 372 g/mol. The zero-order chi connectivity index (χ0) is 19.3. The van der Waals surface area contributed by atoms with Crippen molar-refractivity contribution in [1.29, 1.82) is 0 Å². The van der Waals surface area contributed by atoms with Gasteiger partial charge in [-0.3, -0.25) is 4.79 Å². The first-order valence-electron chi connectivity index (χ1n) is 8.93. The average Bonchev–Trinajstić information content (AvgIpc) is 3.12. The fourth-order valence-electron chi connectivity index (χ4n) is 3.09. The summed E-state index contributed by atoms with van der Waals surface area (Å²) in [5.74, 6) is 1.22. The maximum atomic E-state index is 11.6. The SMILES string of the molecule is NCc1ccccc1Nc1ncnc2c1NC(C=O)N2C=Cc1ccccc1. The smallest absolute Gasteiger partial charge is 0.163 e. The lowest BCUT2D eigenvalue weighted by Gasteiger charge is -2.16. The molecule has 4 rings (SSSR count). The molecule has 4 N–H and O–H groups in total. The molecule has 7 heteroatoms. The maximum absolute atomic E-state index is 11.6. The number of aromatic nitrogens is 2. The molecular formula is C21H20N6O. The molecule has 0 bridgehead atoms. The Bertz CT molecular complexity index is 1000. The molecular weight excluding hydrogens is 352 g/mol. The molecule has 3 aromatic rings. The number of nitrogens with one attached hydrogen (secondary N) is 2. The summed E-state index contributed by atoms with van der Waals surface area (Å²) >= 11 is 0. The van der Waals surface area contributed by atoms with Crippen LogP contribution in [0.1, 0.15) is 11.1 Å². The first-order valence-corrected chi connectivity index (χ1v) is 8.93. The fourth-order valence-corrected chi connectivity index (χ4v) is 3.09. The Kier molecular flexibility index (Phi) is 4.99. The molecule has 2 aromatic carbocycles. The van der Waals surface area contributed by atoms with Gasteiger partial charge in [-0.2, -0.15) is 0 Å². The van der Waals surface area contributed by atoms with E-state index in [1.165, 1.54) is 6.33 Å². The summed E-state index contributed by atoms with van der Waals surface area (Å²) < 4.78 is 0. The number of nitrogens with zero attached hydrogens (tertiary/aromatic N) is 3. The molecule has 0 radical (unpaired) electrons. The zero-order valence-corrected chi connectivity index (χ0v) is 15.1. The summed E-state index contributed by atoms with van der Waals surface area (Å²) in [6.07, 6.45) is 5.54. The molecule has 0 saturated heterocycles. The Morgan fingerprint density at radius 1 is 1.11 bits per heavy atom. The summed E-state index contributed by atoms with van der Waals surface area (Å²) in [6.45, 7) is 0.410. The number of benzene rings is 2. The summed E-state index contributed by atoms with van der Waals surface area (Å²) in [7, 11) is 0. The van der Waals surface area contributed by atoms with E-state index in [9.17, 15) is 4.79 Å². The van der Waals surface area contributed by atoms with E-state index in [-0.39, 0.29) is 0 Å². The molecule has 0 spiro atoms. The van der Waals surface area contributed by atoms with E-state index in [2.05, 4.69) is 20.6 Å². The zero-order valence-electron chi connectivity index (χ0n) is 15.1. The fraction of sp³-hybridized carbons (Fsp3) is 0.0952. The summed E-state index contributed by atoms with van der Waals surface area (Å²) in [4.78, 5) is 22.2. The number of hydrogen-bond donors (Lipinski definition) is 3. The number of carbonyl (C=O) groups is 1. The van der Waals surface area contributed by atoms with Gasteiger partial charge in [0.05, 0.1) is 0 Å². The lowest BCUT2D eigenvalue weighted by Crippen LogP contribution is -2.32. The molecule has 1 atom stereocenters. The Morgan fingerprint density at radius 3 is 2.68 bits per heavy atom. The van der Waals surface area contributed by atoms with E-state index in [4.69, 9.17) is 5.73 Å². The number of fused-ring (bicyclic) bond motifs is 1. The van der Waals surface area contributed by atoms with Gasteiger partial charge in [-0.1, -0.05) is 48.5 Å². The quantitative estimate of drug-likeness (QED) is 0.572. The Labute approximate surface area is 162 Å². The van der Waals surface area contributed by atoms with Crippen LogP contribution in [0.2, 0.25) is 0 Å². The number of hydrogen-bond acceptors (Lipinski definition) is 7. The van der Waals surface area contributed by atoms with Crippen LogP contribution >= 0.6 is 0 Å². The number of rotatable bonds is 6. The number of carbonyl (C=O) groups excluding carboxylic acids is 1. The van der Waals surface area contributed by atoms with Crippen molar-refractivity contribution < 1.29 is 4.79 Å². The number of anilines is 4. The highest BCUT2D eigenvalue weighted by molar-refractivity contribution is 5.91. The third-order valence-corrected chi connectivity index (χ3v) is 4.51. The molecule has 1 aliphatic rings. The molecule has 0 aliphatic carbocycles. The van der Waals surface area contributed by atoms with Crippen molar-refractivity contribution in [2.24, 2.45) is 5.73 Å². The van der Waals surface area contributed by atoms with Gasteiger partial charge in [0.15, 0.2) is 24.1 Å². The Balaban J connectivity index is 1.67. The standard InChI is InChI=1S/C21H20N6O/c22-12-16-8-4-5-9-17(16)25-20-19-21(24-14-23-20)27(18(13-28)26-19)11-10-15-6-2-1-3-7-15/h1-11,13-14,18,26H,12,22H2,(H,23,24,25). The molecule has 28 heavy (non-hydrogen) atoms. The topological polar surface area (TPSA) is 96.2 Å². The predicted octanol–water partition coefficient (Wildman–Crippen LogP) is 3.11. The lowest BCUT2D eigenvalue weighted by molar-refractivity contribution is -0.108.